The predicted molar refractivity (Wildman–Crippen MR) is 73.2 cm³/mol. The molecule has 0 saturated carbocycles. The van der Waals surface area contributed by atoms with Crippen LogP contribution in [0.5, 0.6) is 0 Å². The molecule has 1 fully saturated rings. The first-order valence-electron chi connectivity index (χ1n) is 5.86. The van der Waals surface area contributed by atoms with Crippen molar-refractivity contribution in [1.82, 2.24) is 0 Å². The quantitative estimate of drug-likeness (QED) is 0.467. The second kappa shape index (κ2) is 5.76. The van der Waals surface area contributed by atoms with Gasteiger partial charge in [0.2, 0.25) is 5.91 Å². The summed E-state index contributed by atoms with van der Waals surface area (Å²) in [6.45, 7) is -0.0289. The summed E-state index contributed by atoms with van der Waals surface area (Å²) < 4.78 is 18.7. The molecule has 112 valence electrons. The average molecular weight is 361 g/mol. The zero-order valence-corrected chi connectivity index (χ0v) is 12.4. The third-order valence-corrected chi connectivity index (χ3v) is 3.75. The minimum atomic E-state index is -0.907. The molecule has 0 aliphatic carbocycles. The molecular weight excluding hydrogens is 351 g/mol. The number of hydrogen-bond acceptors (Lipinski definition) is 5. The highest BCUT2D eigenvalue weighted by molar-refractivity contribution is 9.10. The summed E-state index contributed by atoms with van der Waals surface area (Å²) in [4.78, 5) is 34.4. The number of ether oxygens (including phenoxy) is 1. The van der Waals surface area contributed by atoms with Gasteiger partial charge in [0.15, 0.2) is 5.82 Å². The molecule has 1 saturated heterocycles. The van der Waals surface area contributed by atoms with Crippen molar-refractivity contribution in [2.45, 2.75) is 6.42 Å². The number of hydrogen-bond donors (Lipinski definition) is 0. The highest BCUT2D eigenvalue weighted by Gasteiger charge is 2.38. The van der Waals surface area contributed by atoms with Crippen molar-refractivity contribution in [1.29, 1.82) is 0 Å². The molecule has 1 aromatic rings. The Morgan fingerprint density at radius 2 is 2.24 bits per heavy atom. The number of benzene rings is 1. The Balaban J connectivity index is 2.37. The van der Waals surface area contributed by atoms with Gasteiger partial charge in [-0.05, 0) is 15.9 Å². The second-order valence-corrected chi connectivity index (χ2v) is 5.30. The van der Waals surface area contributed by atoms with Crippen LogP contribution in [0.4, 0.5) is 15.8 Å². The monoisotopic (exact) mass is 360 g/mol. The summed E-state index contributed by atoms with van der Waals surface area (Å²) >= 11 is 3.02. The number of esters is 1. The number of halogens is 2. The molecule has 1 unspecified atom stereocenters. The van der Waals surface area contributed by atoms with Crippen LogP contribution in [-0.4, -0.2) is 30.5 Å². The van der Waals surface area contributed by atoms with Gasteiger partial charge in [0, 0.05) is 19.0 Å². The van der Waals surface area contributed by atoms with E-state index in [2.05, 4.69) is 20.7 Å². The molecule has 1 aliphatic rings. The molecule has 0 radical (unpaired) electrons. The molecule has 1 amide bonds. The molecule has 1 aromatic carbocycles. The number of methoxy groups -OCH3 is 1. The van der Waals surface area contributed by atoms with E-state index in [9.17, 15) is 24.1 Å². The molecule has 7 nitrogen and oxygen atoms in total. The average Bonchev–Trinajstić information content (AvgIpc) is 2.79. The lowest BCUT2D eigenvalue weighted by Gasteiger charge is -2.18. The van der Waals surface area contributed by atoms with Gasteiger partial charge in [0.05, 0.1) is 34.2 Å². The number of amides is 1. The lowest BCUT2D eigenvalue weighted by Crippen LogP contribution is -2.27. The van der Waals surface area contributed by atoms with Gasteiger partial charge in [-0.25, -0.2) is 4.39 Å². The topological polar surface area (TPSA) is 89.8 Å². The van der Waals surface area contributed by atoms with Crippen LogP contribution in [0.25, 0.3) is 0 Å². The van der Waals surface area contributed by atoms with Crippen LogP contribution in [0, 0.1) is 21.8 Å². The minimum absolute atomic E-state index is 0.0289. The van der Waals surface area contributed by atoms with Crippen LogP contribution < -0.4 is 4.90 Å². The van der Waals surface area contributed by atoms with Gasteiger partial charge in [-0.15, -0.1) is 0 Å². The summed E-state index contributed by atoms with van der Waals surface area (Å²) in [5, 5.41) is 10.7. The van der Waals surface area contributed by atoms with Crippen molar-refractivity contribution in [2.75, 3.05) is 18.6 Å². The maximum absolute atomic E-state index is 14.1. The minimum Gasteiger partial charge on any atom is -0.469 e. The first-order valence-corrected chi connectivity index (χ1v) is 6.66. The molecule has 0 aromatic heterocycles. The number of nitrogens with zero attached hydrogens (tertiary/aromatic N) is 2. The SMILES string of the molecule is COC(=O)C1CC(=O)N(c2c(F)cc([N+](=O)[O-])cc2Br)C1. The smallest absolute Gasteiger partial charge is 0.311 e. The molecule has 1 heterocycles. The summed E-state index contributed by atoms with van der Waals surface area (Å²) in [7, 11) is 1.21. The Morgan fingerprint density at radius 3 is 2.76 bits per heavy atom. The maximum atomic E-state index is 14.1. The molecule has 9 heteroatoms. The summed E-state index contributed by atoms with van der Waals surface area (Å²) in [6, 6.07) is 1.84. The number of rotatable bonds is 3. The van der Waals surface area contributed by atoms with Gasteiger partial charge in [-0.3, -0.25) is 19.7 Å². The van der Waals surface area contributed by atoms with E-state index in [1.54, 1.807) is 0 Å². The fourth-order valence-electron chi connectivity index (χ4n) is 2.16. The highest BCUT2D eigenvalue weighted by Crippen LogP contribution is 2.36. The van der Waals surface area contributed by atoms with Crippen LogP contribution in [-0.2, 0) is 14.3 Å². The van der Waals surface area contributed by atoms with Crippen LogP contribution in [0.3, 0.4) is 0 Å². The number of carbonyl (C=O) groups is 2. The van der Waals surface area contributed by atoms with Crippen molar-refractivity contribution >= 4 is 39.2 Å². The van der Waals surface area contributed by atoms with Gasteiger partial charge in [-0.1, -0.05) is 0 Å². The van der Waals surface area contributed by atoms with Crippen molar-refractivity contribution in [3.63, 3.8) is 0 Å². The van der Waals surface area contributed by atoms with E-state index >= 15 is 0 Å². The Morgan fingerprint density at radius 1 is 1.57 bits per heavy atom. The zero-order chi connectivity index (χ0) is 15.7. The lowest BCUT2D eigenvalue weighted by atomic mass is 10.1. The molecule has 2 rings (SSSR count). The molecule has 0 bridgehead atoms. The third kappa shape index (κ3) is 2.87. The molecule has 21 heavy (non-hydrogen) atoms. The number of nitro benzene ring substituents is 1. The highest BCUT2D eigenvalue weighted by atomic mass is 79.9. The largest absolute Gasteiger partial charge is 0.469 e. The molecular formula is C12H10BrFN2O5. The van der Waals surface area contributed by atoms with Crippen molar-refractivity contribution in [3.05, 3.63) is 32.5 Å². The summed E-state index contributed by atoms with van der Waals surface area (Å²) in [6.07, 6.45) is -0.0878. The van der Waals surface area contributed by atoms with Crippen LogP contribution >= 0.6 is 15.9 Å². The van der Waals surface area contributed by atoms with Crippen molar-refractivity contribution in [2.24, 2.45) is 5.92 Å². The van der Waals surface area contributed by atoms with E-state index < -0.39 is 34.2 Å². The Bertz CT molecular complexity index is 613. The number of nitro groups is 1. The fraction of sp³-hybridized carbons (Fsp3) is 0.333. The Labute approximate surface area is 126 Å². The van der Waals surface area contributed by atoms with Gasteiger partial charge < -0.3 is 9.64 Å². The molecule has 0 N–H and O–H groups in total. The first kappa shape index (κ1) is 15.4. The van der Waals surface area contributed by atoms with E-state index in [1.165, 1.54) is 7.11 Å². The lowest BCUT2D eigenvalue weighted by molar-refractivity contribution is -0.385. The second-order valence-electron chi connectivity index (χ2n) is 4.44. The van der Waals surface area contributed by atoms with E-state index in [-0.39, 0.29) is 23.1 Å². The standard InChI is InChI=1S/C12H10BrFN2O5/c1-21-12(18)6-2-10(17)15(5-6)11-8(13)3-7(16(19)20)4-9(11)14/h3-4,6H,2,5H2,1H3. The van der Waals surface area contributed by atoms with E-state index in [0.717, 1.165) is 17.0 Å². The van der Waals surface area contributed by atoms with Gasteiger partial charge in [0.1, 0.15) is 0 Å². The Kier molecular flexibility index (Phi) is 4.21. The summed E-state index contributed by atoms with van der Waals surface area (Å²) in [5.41, 5.74) is -0.545. The zero-order valence-electron chi connectivity index (χ0n) is 10.8. The first-order chi connectivity index (χ1) is 9.85. The normalized spacial score (nSPS) is 18.0. The molecule has 1 atom stereocenters. The van der Waals surface area contributed by atoms with Crippen LogP contribution in [0.2, 0.25) is 0 Å². The number of carbonyl (C=O) groups excluding carboxylic acids is 2. The summed E-state index contributed by atoms with van der Waals surface area (Å²) in [5.74, 6) is -2.58. The van der Waals surface area contributed by atoms with Gasteiger partial charge in [-0.2, -0.15) is 0 Å². The van der Waals surface area contributed by atoms with Gasteiger partial charge in [0.25, 0.3) is 5.69 Å². The molecule has 1 aliphatic heterocycles. The van der Waals surface area contributed by atoms with Crippen molar-refractivity contribution in [3.8, 4) is 0 Å². The van der Waals surface area contributed by atoms with E-state index in [4.69, 9.17) is 0 Å². The fourth-order valence-corrected chi connectivity index (χ4v) is 2.80. The maximum Gasteiger partial charge on any atom is 0.311 e. The third-order valence-electron chi connectivity index (χ3n) is 3.14. The van der Waals surface area contributed by atoms with E-state index in [1.807, 2.05) is 0 Å². The van der Waals surface area contributed by atoms with Crippen LogP contribution in [0.1, 0.15) is 6.42 Å². The van der Waals surface area contributed by atoms with Gasteiger partial charge >= 0.3 is 5.97 Å². The molecule has 0 spiro atoms. The van der Waals surface area contributed by atoms with Crippen molar-refractivity contribution < 1.29 is 23.6 Å². The number of anilines is 1. The van der Waals surface area contributed by atoms with Crippen LogP contribution in [0.15, 0.2) is 16.6 Å². The Hall–Kier alpha value is -2.03. The number of non-ortho nitro benzene ring substituents is 1. The predicted octanol–water partition coefficient (Wildman–Crippen LogP) is 2.02. The van der Waals surface area contributed by atoms with E-state index in [0.29, 0.717) is 0 Å².